The molecule has 1 unspecified atom stereocenters. The van der Waals surface area contributed by atoms with E-state index in [4.69, 9.17) is 22.3 Å². The third-order valence-electron chi connectivity index (χ3n) is 5.08. The van der Waals surface area contributed by atoms with Crippen molar-refractivity contribution in [3.63, 3.8) is 0 Å². The highest BCUT2D eigenvalue weighted by Crippen LogP contribution is 2.28. The van der Waals surface area contributed by atoms with Gasteiger partial charge in [-0.2, -0.15) is 5.26 Å². The molecule has 3 rings (SSSR count). The molecule has 2 heterocycles. The minimum atomic E-state index is -1.75. The molecule has 9 nitrogen and oxygen atoms in total. The summed E-state index contributed by atoms with van der Waals surface area (Å²) in [6.45, 7) is 2.06. The van der Waals surface area contributed by atoms with Crippen LogP contribution in [0.25, 0.3) is 5.57 Å². The number of nitriles is 1. The van der Waals surface area contributed by atoms with Crippen molar-refractivity contribution in [3.05, 3.63) is 70.2 Å². The minimum Gasteiger partial charge on any atom is -0.387 e. The Morgan fingerprint density at radius 3 is 2.78 bits per heavy atom. The van der Waals surface area contributed by atoms with Gasteiger partial charge >= 0.3 is 0 Å². The minimum absolute atomic E-state index is 0.0680. The quantitative estimate of drug-likeness (QED) is 0.340. The molecular weight excluding hydrogens is 492 g/mol. The van der Waals surface area contributed by atoms with Crippen LogP contribution in [0.15, 0.2) is 52.5 Å². The molecule has 1 aliphatic rings. The van der Waals surface area contributed by atoms with Crippen molar-refractivity contribution in [3.8, 4) is 6.07 Å². The number of rotatable bonds is 8. The van der Waals surface area contributed by atoms with Crippen LogP contribution in [0.4, 0.5) is 20.2 Å². The lowest BCUT2D eigenvalue weighted by Gasteiger charge is -2.22. The number of pyridine rings is 1. The average Bonchev–Trinajstić information content (AvgIpc) is 2.84. The second kappa shape index (κ2) is 11.1. The summed E-state index contributed by atoms with van der Waals surface area (Å²) in [5.74, 6) is -1.32. The fourth-order valence-electron chi connectivity index (χ4n) is 3.02. The summed E-state index contributed by atoms with van der Waals surface area (Å²) in [5, 5.41) is 35.1. The predicted octanol–water partition coefficient (Wildman–Crippen LogP) is 3.75. The van der Waals surface area contributed by atoms with E-state index in [9.17, 15) is 18.7 Å². The van der Waals surface area contributed by atoms with Gasteiger partial charge in [0.2, 0.25) is 0 Å². The Morgan fingerprint density at radius 2 is 2.17 bits per heavy atom. The molecule has 0 radical (unpaired) electrons. The van der Waals surface area contributed by atoms with E-state index >= 15 is 0 Å². The summed E-state index contributed by atoms with van der Waals surface area (Å²) in [5.41, 5.74) is -1.54. The van der Waals surface area contributed by atoms with Crippen LogP contribution >= 0.6 is 11.6 Å². The molecule has 0 aliphatic carbocycles. The first kappa shape index (κ1) is 26.5. The molecule has 2 aromatic rings. The second-order valence-corrected chi connectivity index (χ2v) is 8.63. The molecule has 1 amide bonds. The van der Waals surface area contributed by atoms with Gasteiger partial charge in [0.15, 0.2) is 5.82 Å². The maximum absolute atomic E-state index is 14.8. The SMILES string of the molecule is CC(C)(O)C(F)CNC(=O)c1cnc(/C(C=N)=C2\N=CC(Cl)=CN2)cc1Nc1cccc(C#N)c1F. The van der Waals surface area contributed by atoms with Gasteiger partial charge in [-0.15, -0.1) is 0 Å². The standard InChI is InChI=1S/C24H22ClF2N7O2/c1-24(2,36)20(26)12-33-23(35)16-11-30-18(15(8-29)22-31-9-14(25)10-32-22)6-19(16)34-17-5-3-4-13(7-28)21(17)27/h3-6,8-11,20,29,31,36H,12H2,1-2H3,(H,30,34)(H,33,35)/b22-15-,29-8?. The molecule has 12 heteroatoms. The zero-order chi connectivity index (χ0) is 26.5. The first-order valence-electron chi connectivity index (χ1n) is 10.6. The number of benzene rings is 1. The molecule has 0 spiro atoms. The summed E-state index contributed by atoms with van der Waals surface area (Å²) in [6, 6.07) is 7.27. The molecule has 1 aromatic carbocycles. The van der Waals surface area contributed by atoms with Crippen molar-refractivity contribution in [2.75, 3.05) is 11.9 Å². The third-order valence-corrected chi connectivity index (χ3v) is 5.29. The van der Waals surface area contributed by atoms with Crippen LogP contribution in [-0.4, -0.2) is 46.7 Å². The third kappa shape index (κ3) is 6.10. The van der Waals surface area contributed by atoms with Crippen LogP contribution in [0.1, 0.15) is 35.5 Å². The number of halogens is 3. The number of nitrogens with one attached hydrogen (secondary N) is 4. The Kier molecular flexibility index (Phi) is 8.14. The number of aliphatic hydroxyl groups is 1. The van der Waals surface area contributed by atoms with Gasteiger partial charge in [-0.3, -0.25) is 9.78 Å². The van der Waals surface area contributed by atoms with Gasteiger partial charge in [0, 0.05) is 24.8 Å². The number of aliphatic imine (C=N–C) groups is 1. The van der Waals surface area contributed by atoms with E-state index in [0.717, 1.165) is 6.21 Å². The van der Waals surface area contributed by atoms with E-state index in [1.165, 1.54) is 56.7 Å². The van der Waals surface area contributed by atoms with Gasteiger partial charge in [0.25, 0.3) is 5.91 Å². The van der Waals surface area contributed by atoms with Gasteiger partial charge in [0.1, 0.15) is 18.1 Å². The summed E-state index contributed by atoms with van der Waals surface area (Å²) >= 11 is 5.87. The lowest BCUT2D eigenvalue weighted by molar-refractivity contribution is -0.00177. The molecule has 0 saturated carbocycles. The van der Waals surface area contributed by atoms with Crippen molar-refractivity contribution < 1.29 is 18.7 Å². The first-order chi connectivity index (χ1) is 17.0. The topological polar surface area (TPSA) is 146 Å². The maximum Gasteiger partial charge on any atom is 0.255 e. The molecule has 1 aliphatic heterocycles. The van der Waals surface area contributed by atoms with Gasteiger partial charge in [-0.1, -0.05) is 17.7 Å². The van der Waals surface area contributed by atoms with Gasteiger partial charge in [-0.25, -0.2) is 13.8 Å². The summed E-state index contributed by atoms with van der Waals surface area (Å²) in [7, 11) is 0. The Bertz CT molecular complexity index is 1330. The van der Waals surface area contributed by atoms with Crippen molar-refractivity contribution in [1.29, 1.82) is 10.7 Å². The van der Waals surface area contributed by atoms with E-state index in [-0.39, 0.29) is 39.6 Å². The molecule has 186 valence electrons. The number of carbonyl (C=O) groups is 1. The van der Waals surface area contributed by atoms with Crippen LogP contribution in [0.2, 0.25) is 0 Å². The van der Waals surface area contributed by atoms with Crippen molar-refractivity contribution in [2.45, 2.75) is 25.6 Å². The number of aromatic nitrogens is 1. The Morgan fingerprint density at radius 1 is 1.42 bits per heavy atom. The molecule has 1 aromatic heterocycles. The Labute approximate surface area is 210 Å². The summed E-state index contributed by atoms with van der Waals surface area (Å²) in [4.78, 5) is 21.2. The smallest absolute Gasteiger partial charge is 0.255 e. The number of allylic oxidation sites excluding steroid dienone is 2. The molecule has 5 N–H and O–H groups in total. The predicted molar refractivity (Wildman–Crippen MR) is 133 cm³/mol. The van der Waals surface area contributed by atoms with E-state index in [1.54, 1.807) is 6.07 Å². The number of hydrogen-bond acceptors (Lipinski definition) is 8. The number of anilines is 2. The molecule has 0 bridgehead atoms. The Hall–Kier alpha value is -4.14. The first-order valence-corrected chi connectivity index (χ1v) is 10.9. The van der Waals surface area contributed by atoms with E-state index in [0.29, 0.717) is 5.03 Å². The molecular formula is C24H22ClF2N7O2. The number of nitrogens with zero attached hydrogens (tertiary/aromatic N) is 3. The van der Waals surface area contributed by atoms with Crippen LogP contribution in [-0.2, 0) is 0 Å². The second-order valence-electron chi connectivity index (χ2n) is 8.19. The van der Waals surface area contributed by atoms with Gasteiger partial charge in [-0.05, 0) is 32.0 Å². The lowest BCUT2D eigenvalue weighted by Crippen LogP contribution is -2.42. The molecule has 36 heavy (non-hydrogen) atoms. The number of alkyl halides is 1. The van der Waals surface area contributed by atoms with Crippen molar-refractivity contribution in [1.82, 2.24) is 15.6 Å². The maximum atomic E-state index is 14.8. The van der Waals surface area contributed by atoms with E-state index in [2.05, 4.69) is 25.9 Å². The number of hydrogen-bond donors (Lipinski definition) is 5. The zero-order valence-electron chi connectivity index (χ0n) is 19.2. The van der Waals surface area contributed by atoms with Crippen LogP contribution < -0.4 is 16.0 Å². The van der Waals surface area contributed by atoms with E-state index < -0.39 is 30.0 Å². The highest BCUT2D eigenvalue weighted by Gasteiger charge is 2.27. The summed E-state index contributed by atoms with van der Waals surface area (Å²) in [6.07, 6.45) is 3.26. The lowest BCUT2D eigenvalue weighted by atomic mass is 10.0. The largest absolute Gasteiger partial charge is 0.387 e. The average molecular weight is 514 g/mol. The fraction of sp³-hybridized carbons (Fsp3) is 0.208. The number of carbonyl (C=O) groups excluding carboxylic acids is 1. The summed E-state index contributed by atoms with van der Waals surface area (Å²) < 4.78 is 28.9. The van der Waals surface area contributed by atoms with Crippen molar-refractivity contribution >= 4 is 46.9 Å². The van der Waals surface area contributed by atoms with Gasteiger partial charge < -0.3 is 26.5 Å². The van der Waals surface area contributed by atoms with Crippen molar-refractivity contribution in [2.24, 2.45) is 4.99 Å². The highest BCUT2D eigenvalue weighted by atomic mass is 35.5. The highest BCUT2D eigenvalue weighted by molar-refractivity contribution is 6.39. The number of amides is 1. The van der Waals surface area contributed by atoms with Crippen LogP contribution in [0.5, 0.6) is 0 Å². The van der Waals surface area contributed by atoms with Crippen LogP contribution in [0.3, 0.4) is 0 Å². The molecule has 1 atom stereocenters. The molecule has 0 saturated heterocycles. The monoisotopic (exact) mass is 513 g/mol. The van der Waals surface area contributed by atoms with E-state index in [1.807, 2.05) is 0 Å². The molecule has 0 fully saturated rings. The normalized spacial score (nSPS) is 15.2. The van der Waals surface area contributed by atoms with Crippen LogP contribution in [0, 0.1) is 22.6 Å². The zero-order valence-corrected chi connectivity index (χ0v) is 20.0. The van der Waals surface area contributed by atoms with Gasteiger partial charge in [0.05, 0.1) is 50.9 Å². The fourth-order valence-corrected chi connectivity index (χ4v) is 3.13. The Balaban J connectivity index is 2.04.